The maximum atomic E-state index is 12.4. The minimum atomic E-state index is -0.935. The van der Waals surface area contributed by atoms with E-state index >= 15 is 0 Å². The number of imide groups is 2. The molecule has 1 aliphatic carbocycles. The largest absolute Gasteiger partial charge is 0.348 e. The molecule has 1 aliphatic heterocycles. The smallest absolute Gasteiger partial charge is 0.334 e. The molecule has 0 bridgehead atoms. The highest BCUT2D eigenvalue weighted by Gasteiger charge is 2.45. The second-order valence-corrected chi connectivity index (χ2v) is 7.19. The molecule has 0 unspecified atom stereocenters. The Hall–Kier alpha value is -2.70. The summed E-state index contributed by atoms with van der Waals surface area (Å²) in [5.74, 6) is -2.19. The topological polar surface area (TPSA) is 86.8 Å². The summed E-state index contributed by atoms with van der Waals surface area (Å²) in [6.07, 6.45) is 2.75. The third kappa shape index (κ3) is 3.47. The lowest BCUT2D eigenvalue weighted by Crippen LogP contribution is -2.43. The monoisotopic (exact) mass is 357 g/mol. The molecule has 3 rings (SSSR count). The highest BCUT2D eigenvalue weighted by molar-refractivity contribution is 6.45. The highest BCUT2D eigenvalue weighted by Crippen LogP contribution is 2.29. The summed E-state index contributed by atoms with van der Waals surface area (Å²) in [7, 11) is 0. The Kier molecular flexibility index (Phi) is 5.06. The molecular weight excluding hydrogens is 334 g/mol. The minimum absolute atomic E-state index is 0.0446. The van der Waals surface area contributed by atoms with E-state index in [9.17, 15) is 19.2 Å². The number of amides is 5. The number of hydrogen-bond donors (Lipinski definition) is 1. The summed E-state index contributed by atoms with van der Waals surface area (Å²) in [5, 5.41) is 2.90. The van der Waals surface area contributed by atoms with Crippen molar-refractivity contribution in [1.82, 2.24) is 15.1 Å². The Morgan fingerprint density at radius 3 is 2.58 bits per heavy atom. The fourth-order valence-electron chi connectivity index (χ4n) is 3.50. The molecule has 0 radical (unpaired) electrons. The molecule has 5 amide bonds. The van der Waals surface area contributed by atoms with E-state index in [4.69, 9.17) is 0 Å². The van der Waals surface area contributed by atoms with Crippen molar-refractivity contribution in [3.63, 3.8) is 0 Å². The fraction of sp³-hybridized carbons (Fsp3) is 0.474. The molecule has 1 saturated heterocycles. The molecule has 1 fully saturated rings. The lowest BCUT2D eigenvalue weighted by atomic mass is 9.88. The van der Waals surface area contributed by atoms with Crippen molar-refractivity contribution in [2.24, 2.45) is 5.92 Å². The van der Waals surface area contributed by atoms with Gasteiger partial charge in [-0.2, -0.15) is 0 Å². The molecule has 1 atom stereocenters. The van der Waals surface area contributed by atoms with Crippen LogP contribution in [0.2, 0.25) is 0 Å². The van der Waals surface area contributed by atoms with Gasteiger partial charge in [0.05, 0.1) is 6.04 Å². The van der Waals surface area contributed by atoms with Crippen LogP contribution in [-0.4, -0.2) is 46.6 Å². The number of fused-ring (bicyclic) bond motifs is 1. The fourth-order valence-corrected chi connectivity index (χ4v) is 3.50. The molecule has 2 aliphatic rings. The van der Waals surface area contributed by atoms with Crippen LogP contribution < -0.4 is 5.32 Å². The summed E-state index contributed by atoms with van der Waals surface area (Å²) in [4.78, 5) is 50.4. The predicted octanol–water partition coefficient (Wildman–Crippen LogP) is 1.63. The Morgan fingerprint density at radius 1 is 1.15 bits per heavy atom. The van der Waals surface area contributed by atoms with Gasteiger partial charge in [0.15, 0.2) is 0 Å². The number of carbonyl (C=O) groups is 4. The quantitative estimate of drug-likeness (QED) is 0.641. The van der Waals surface area contributed by atoms with Crippen LogP contribution in [0.4, 0.5) is 4.79 Å². The Bertz CT molecular complexity index is 759. The molecule has 1 heterocycles. The number of nitrogens with zero attached hydrogens (tertiary/aromatic N) is 2. The first-order chi connectivity index (χ1) is 12.4. The van der Waals surface area contributed by atoms with E-state index in [1.165, 1.54) is 5.56 Å². The number of hydrogen-bond acceptors (Lipinski definition) is 4. The summed E-state index contributed by atoms with van der Waals surface area (Å²) < 4.78 is 0. The van der Waals surface area contributed by atoms with E-state index in [-0.39, 0.29) is 18.5 Å². The number of urea groups is 1. The van der Waals surface area contributed by atoms with Crippen LogP contribution in [0.5, 0.6) is 0 Å². The van der Waals surface area contributed by atoms with E-state index in [2.05, 4.69) is 5.32 Å². The van der Waals surface area contributed by atoms with E-state index < -0.39 is 30.3 Å². The highest BCUT2D eigenvalue weighted by atomic mass is 16.2. The SMILES string of the molecule is CC(C)CN1C(=O)C(=O)N(CC(=O)N[C@H]2CCCc3ccccc32)C1=O. The van der Waals surface area contributed by atoms with Crippen molar-refractivity contribution in [3.05, 3.63) is 35.4 Å². The first-order valence-electron chi connectivity index (χ1n) is 8.93. The van der Waals surface area contributed by atoms with Crippen molar-refractivity contribution in [1.29, 1.82) is 0 Å². The van der Waals surface area contributed by atoms with Gasteiger partial charge in [-0.3, -0.25) is 19.3 Å². The first-order valence-corrected chi connectivity index (χ1v) is 8.93. The van der Waals surface area contributed by atoms with Crippen molar-refractivity contribution < 1.29 is 19.2 Å². The van der Waals surface area contributed by atoms with Gasteiger partial charge < -0.3 is 5.32 Å². The summed E-state index contributed by atoms with van der Waals surface area (Å²) in [6.45, 7) is 3.43. The number of nitrogens with one attached hydrogen (secondary N) is 1. The van der Waals surface area contributed by atoms with E-state index in [0.717, 1.165) is 34.6 Å². The average Bonchev–Trinajstić information content (AvgIpc) is 2.80. The number of benzene rings is 1. The normalized spacial score (nSPS) is 20.0. The van der Waals surface area contributed by atoms with E-state index in [0.29, 0.717) is 0 Å². The predicted molar refractivity (Wildman–Crippen MR) is 93.9 cm³/mol. The first kappa shape index (κ1) is 18.1. The molecule has 0 aromatic heterocycles. The van der Waals surface area contributed by atoms with Gasteiger partial charge in [0.1, 0.15) is 6.54 Å². The lowest BCUT2D eigenvalue weighted by molar-refractivity contribution is -0.144. The van der Waals surface area contributed by atoms with Crippen LogP contribution in [0.1, 0.15) is 43.9 Å². The molecule has 7 nitrogen and oxygen atoms in total. The molecular formula is C19H23N3O4. The Labute approximate surface area is 152 Å². The number of rotatable bonds is 5. The summed E-state index contributed by atoms with van der Waals surface area (Å²) >= 11 is 0. The standard InChI is InChI=1S/C19H23N3O4/c1-12(2)10-21-17(24)18(25)22(19(21)26)11-16(23)20-15-9-5-7-13-6-3-4-8-14(13)15/h3-4,6,8,12,15H,5,7,9-11H2,1-2H3,(H,20,23)/t15-/m0/s1. The third-order valence-corrected chi connectivity index (χ3v) is 4.69. The lowest BCUT2D eigenvalue weighted by Gasteiger charge is -2.27. The van der Waals surface area contributed by atoms with E-state index in [1.54, 1.807) is 0 Å². The molecule has 1 aromatic carbocycles. The van der Waals surface area contributed by atoms with Crippen LogP contribution in [0, 0.1) is 5.92 Å². The van der Waals surface area contributed by atoms with Gasteiger partial charge in [-0.15, -0.1) is 0 Å². The zero-order chi connectivity index (χ0) is 18.8. The van der Waals surface area contributed by atoms with Crippen molar-refractivity contribution >= 4 is 23.8 Å². The van der Waals surface area contributed by atoms with Crippen molar-refractivity contribution in [3.8, 4) is 0 Å². The summed E-state index contributed by atoms with van der Waals surface area (Å²) in [6, 6.07) is 7.08. The third-order valence-electron chi connectivity index (χ3n) is 4.69. The number of carbonyl (C=O) groups excluding carboxylic acids is 4. The molecule has 26 heavy (non-hydrogen) atoms. The van der Waals surface area contributed by atoms with Crippen LogP contribution in [0.25, 0.3) is 0 Å². The van der Waals surface area contributed by atoms with Crippen LogP contribution in [-0.2, 0) is 20.8 Å². The summed E-state index contributed by atoms with van der Waals surface area (Å²) in [5.41, 5.74) is 2.28. The van der Waals surface area contributed by atoms with Crippen LogP contribution in [0.3, 0.4) is 0 Å². The van der Waals surface area contributed by atoms with Crippen molar-refractivity contribution in [2.45, 2.75) is 39.2 Å². The Morgan fingerprint density at radius 2 is 1.85 bits per heavy atom. The molecule has 1 aromatic rings. The van der Waals surface area contributed by atoms with Crippen LogP contribution >= 0.6 is 0 Å². The van der Waals surface area contributed by atoms with Gasteiger partial charge in [-0.05, 0) is 36.3 Å². The van der Waals surface area contributed by atoms with E-state index in [1.807, 2.05) is 38.1 Å². The minimum Gasteiger partial charge on any atom is -0.348 e. The molecule has 7 heteroatoms. The molecule has 0 spiro atoms. The molecule has 1 N–H and O–H groups in total. The van der Waals surface area contributed by atoms with Gasteiger partial charge in [0, 0.05) is 6.54 Å². The van der Waals surface area contributed by atoms with Crippen LogP contribution in [0.15, 0.2) is 24.3 Å². The van der Waals surface area contributed by atoms with Crippen molar-refractivity contribution in [2.75, 3.05) is 13.1 Å². The van der Waals surface area contributed by atoms with Gasteiger partial charge in [-0.25, -0.2) is 9.69 Å². The zero-order valence-electron chi connectivity index (χ0n) is 15.0. The Balaban J connectivity index is 1.66. The molecule has 0 saturated carbocycles. The average molecular weight is 357 g/mol. The van der Waals surface area contributed by atoms with Gasteiger partial charge in [0.25, 0.3) is 0 Å². The van der Waals surface area contributed by atoms with Gasteiger partial charge in [-0.1, -0.05) is 38.1 Å². The second-order valence-electron chi connectivity index (χ2n) is 7.19. The van der Waals surface area contributed by atoms with Gasteiger partial charge >= 0.3 is 17.8 Å². The maximum absolute atomic E-state index is 12.4. The van der Waals surface area contributed by atoms with Gasteiger partial charge in [0.2, 0.25) is 5.91 Å². The maximum Gasteiger partial charge on any atom is 0.334 e. The second kappa shape index (κ2) is 7.27. The number of aryl methyl sites for hydroxylation is 1. The molecule has 138 valence electrons. The zero-order valence-corrected chi connectivity index (χ0v) is 15.0.